The van der Waals surface area contributed by atoms with E-state index in [1.165, 1.54) is 13.8 Å². The van der Waals surface area contributed by atoms with E-state index in [2.05, 4.69) is 10.2 Å². The topological polar surface area (TPSA) is 35.6 Å². The van der Waals surface area contributed by atoms with E-state index in [0.29, 0.717) is 4.68 Å². The molecule has 2 heterocycles. The molecule has 0 radical (unpaired) electrons. The lowest BCUT2D eigenvalue weighted by Gasteiger charge is -2.30. The zero-order chi connectivity index (χ0) is 28.0. The molecule has 3 aliphatic rings. The van der Waals surface area contributed by atoms with E-state index in [1.807, 2.05) is 0 Å². The van der Waals surface area contributed by atoms with Crippen LogP contribution in [0.3, 0.4) is 0 Å². The largest absolute Gasteiger partial charge is 0.435 e. The Kier molecular flexibility index (Phi) is 6.23. The molecule has 2 aromatic heterocycles. The summed E-state index contributed by atoms with van der Waals surface area (Å²) in [4.78, 5) is 0. The molecule has 208 valence electrons. The van der Waals surface area contributed by atoms with Gasteiger partial charge in [0.25, 0.3) is 24.2 Å². The molecule has 1 fully saturated rings. The molecule has 0 aromatic carbocycles. The van der Waals surface area contributed by atoms with Crippen LogP contribution < -0.4 is 0 Å². The van der Waals surface area contributed by atoms with E-state index >= 15 is 0 Å². The van der Waals surface area contributed by atoms with Crippen LogP contribution in [-0.4, -0.2) is 19.6 Å². The molecule has 1 saturated carbocycles. The monoisotopic (exact) mass is 552 g/mol. The molecular weight excluding hydrogens is 529 g/mol. The summed E-state index contributed by atoms with van der Waals surface area (Å²) in [6.07, 6.45) is -10.1. The minimum Gasteiger partial charge on any atom is -0.260 e. The maximum absolute atomic E-state index is 14.0. The molecule has 15 heteroatoms. The number of hydrogen-bond acceptors (Lipinski definition) is 2. The van der Waals surface area contributed by atoms with E-state index in [1.54, 1.807) is 13.8 Å². The first-order valence-corrected chi connectivity index (χ1v) is 11.5. The van der Waals surface area contributed by atoms with E-state index in [9.17, 15) is 48.3 Å². The molecule has 0 aliphatic heterocycles. The van der Waals surface area contributed by atoms with Gasteiger partial charge in [0.2, 0.25) is 0 Å². The van der Waals surface area contributed by atoms with Gasteiger partial charge in [-0.25, -0.2) is 17.6 Å². The molecule has 0 spiro atoms. The molecule has 0 bridgehead atoms. The van der Waals surface area contributed by atoms with Crippen molar-refractivity contribution in [3.05, 3.63) is 33.9 Å². The summed E-state index contributed by atoms with van der Waals surface area (Å²) in [5.41, 5.74) is -5.54. The molecule has 3 aliphatic carbocycles. The Balaban J connectivity index is 0.000000173. The van der Waals surface area contributed by atoms with Crippen LogP contribution in [0.2, 0.25) is 0 Å². The van der Waals surface area contributed by atoms with Gasteiger partial charge < -0.3 is 0 Å². The van der Waals surface area contributed by atoms with Crippen LogP contribution in [0.15, 0.2) is 0 Å². The third-order valence-electron chi connectivity index (χ3n) is 6.75. The third-order valence-corrected chi connectivity index (χ3v) is 6.75. The van der Waals surface area contributed by atoms with Gasteiger partial charge in [-0.1, -0.05) is 0 Å². The summed E-state index contributed by atoms with van der Waals surface area (Å²) in [6.45, 7) is 5.94. The Hall–Kier alpha value is -2.35. The normalized spacial score (nSPS) is 24.6. The minimum atomic E-state index is -4.67. The number of alkyl halides is 11. The highest BCUT2D eigenvalue weighted by Crippen LogP contribution is 2.68. The predicted molar refractivity (Wildman–Crippen MR) is 107 cm³/mol. The van der Waals surface area contributed by atoms with Crippen molar-refractivity contribution in [1.29, 1.82) is 0 Å². The van der Waals surface area contributed by atoms with Crippen molar-refractivity contribution < 1.29 is 48.3 Å². The fourth-order valence-electron chi connectivity index (χ4n) is 5.05. The van der Waals surface area contributed by atoms with Crippen LogP contribution in [0, 0.1) is 5.92 Å². The Morgan fingerprint density at radius 2 is 1.32 bits per heavy atom. The fourth-order valence-corrected chi connectivity index (χ4v) is 5.05. The van der Waals surface area contributed by atoms with Crippen LogP contribution in [0.25, 0.3) is 0 Å². The zero-order valence-corrected chi connectivity index (χ0v) is 20.0. The zero-order valence-electron chi connectivity index (χ0n) is 20.0. The van der Waals surface area contributed by atoms with Crippen LogP contribution in [-0.2, 0) is 23.9 Å². The number of halogens is 11. The fraction of sp³-hybridized carbons (Fsp3) is 0.727. The highest BCUT2D eigenvalue weighted by molar-refractivity contribution is 5.47. The van der Waals surface area contributed by atoms with E-state index in [4.69, 9.17) is 0 Å². The van der Waals surface area contributed by atoms with Gasteiger partial charge in [0.15, 0.2) is 5.69 Å². The average Bonchev–Trinajstić information content (AvgIpc) is 3.15. The smallest absolute Gasteiger partial charge is 0.260 e. The number of hydrogen-bond donors (Lipinski definition) is 0. The summed E-state index contributed by atoms with van der Waals surface area (Å²) in [7, 11) is 0. The van der Waals surface area contributed by atoms with E-state index in [0.717, 1.165) is 4.68 Å². The molecule has 0 N–H and O–H groups in total. The van der Waals surface area contributed by atoms with Gasteiger partial charge in [0.1, 0.15) is 17.1 Å². The van der Waals surface area contributed by atoms with Crippen molar-refractivity contribution in [3.8, 4) is 0 Å². The Morgan fingerprint density at radius 1 is 0.811 bits per heavy atom. The quantitative estimate of drug-likeness (QED) is 0.361. The van der Waals surface area contributed by atoms with Gasteiger partial charge >= 0.3 is 6.18 Å². The SMILES string of the molecule is CC(C)n1nc(C(F)(F)F)c2c1C(F)(F)C1CC21.CC(C)n1nc(C(F)F)c2c1C(F)(F)CCC2(F)F. The standard InChI is InChI=1S/C11H12F6N2.C11H11F5N2/c1-5(2)19-8-6(7(18-19)9(12)13)10(14,15)3-4-11(8,16)17;1-4(2)18-9-7(8(17-18)11(14,15)16)5-3-6(5)10(9,12)13/h5,9H,3-4H2,1-2H3;4-6H,3H2,1-2H3. The lowest BCUT2D eigenvalue weighted by atomic mass is 9.89. The lowest BCUT2D eigenvalue weighted by molar-refractivity contribution is -0.142. The molecule has 0 amide bonds. The lowest BCUT2D eigenvalue weighted by Crippen LogP contribution is -2.33. The summed E-state index contributed by atoms with van der Waals surface area (Å²) in [5.74, 6) is -12.1. The molecular formula is C22H23F11N4. The van der Waals surface area contributed by atoms with Gasteiger partial charge in [0.05, 0.1) is 5.56 Å². The maximum Gasteiger partial charge on any atom is 0.435 e. The molecule has 37 heavy (non-hydrogen) atoms. The second-order valence-corrected chi connectivity index (χ2v) is 10.1. The van der Waals surface area contributed by atoms with Crippen molar-refractivity contribution in [3.63, 3.8) is 0 Å². The third kappa shape index (κ3) is 4.29. The van der Waals surface area contributed by atoms with Crippen molar-refractivity contribution in [2.75, 3.05) is 0 Å². The highest BCUT2D eigenvalue weighted by Gasteiger charge is 2.68. The number of fused-ring (bicyclic) bond motifs is 4. The van der Waals surface area contributed by atoms with Gasteiger partial charge in [0, 0.05) is 36.4 Å². The minimum absolute atomic E-state index is 0.132. The van der Waals surface area contributed by atoms with Crippen LogP contribution >= 0.6 is 0 Å². The summed E-state index contributed by atoms with van der Waals surface area (Å²) in [6, 6.07) is -1.22. The first-order valence-electron chi connectivity index (χ1n) is 11.5. The van der Waals surface area contributed by atoms with Gasteiger partial charge in [-0.2, -0.15) is 40.9 Å². The molecule has 0 saturated heterocycles. The number of rotatable bonds is 3. The Morgan fingerprint density at radius 3 is 1.81 bits per heavy atom. The van der Waals surface area contributed by atoms with Gasteiger partial charge in [-0.3, -0.25) is 9.36 Å². The van der Waals surface area contributed by atoms with Crippen LogP contribution in [0.4, 0.5) is 48.3 Å². The van der Waals surface area contributed by atoms with Gasteiger partial charge in [-0.05, 0) is 40.0 Å². The molecule has 4 nitrogen and oxygen atoms in total. The molecule has 2 unspecified atom stereocenters. The number of aromatic nitrogens is 4. The van der Waals surface area contributed by atoms with Crippen molar-refractivity contribution in [2.24, 2.45) is 5.92 Å². The Labute approximate surface area is 203 Å². The first-order chi connectivity index (χ1) is 16.7. The van der Waals surface area contributed by atoms with Crippen molar-refractivity contribution >= 4 is 0 Å². The highest BCUT2D eigenvalue weighted by atomic mass is 19.4. The molecule has 2 aromatic rings. The first kappa shape index (κ1) is 27.7. The summed E-state index contributed by atoms with van der Waals surface area (Å²) >= 11 is 0. The van der Waals surface area contributed by atoms with E-state index in [-0.39, 0.29) is 12.0 Å². The van der Waals surface area contributed by atoms with Crippen LogP contribution in [0.5, 0.6) is 0 Å². The predicted octanol–water partition coefficient (Wildman–Crippen LogP) is 8.07. The molecule has 2 atom stereocenters. The second-order valence-electron chi connectivity index (χ2n) is 10.1. The van der Waals surface area contributed by atoms with Crippen LogP contribution in [0.1, 0.15) is 105 Å². The second kappa shape index (κ2) is 8.32. The number of nitrogens with zero attached hydrogens (tertiary/aromatic N) is 4. The average molecular weight is 552 g/mol. The van der Waals surface area contributed by atoms with Crippen molar-refractivity contribution in [2.45, 2.75) is 95.3 Å². The van der Waals surface area contributed by atoms with E-state index < -0.39 is 95.5 Å². The summed E-state index contributed by atoms with van der Waals surface area (Å²) in [5, 5.41) is 6.68. The van der Waals surface area contributed by atoms with Crippen molar-refractivity contribution in [1.82, 2.24) is 19.6 Å². The molecule has 5 rings (SSSR count). The maximum atomic E-state index is 14.0. The van der Waals surface area contributed by atoms with Gasteiger partial charge in [-0.15, -0.1) is 0 Å². The summed E-state index contributed by atoms with van der Waals surface area (Å²) < 4.78 is 148. The Bertz CT molecular complexity index is 1150.